The number of aryl methyl sites for hydroxylation is 1. The SMILES string of the molecule is Cn1cnc(-c2cccc(N)c2OC(O)(O)O)n1. The summed E-state index contributed by atoms with van der Waals surface area (Å²) in [5.74, 6) is 0.167. The van der Waals surface area contributed by atoms with Gasteiger partial charge in [0.25, 0.3) is 0 Å². The largest absolute Gasteiger partial charge is 0.453 e. The predicted molar refractivity (Wildman–Crippen MR) is 60.9 cm³/mol. The molecule has 1 aromatic carbocycles. The van der Waals surface area contributed by atoms with Crippen LogP contribution in [0.15, 0.2) is 24.5 Å². The van der Waals surface area contributed by atoms with E-state index < -0.39 is 6.16 Å². The molecule has 2 rings (SSSR count). The Balaban J connectivity index is 2.50. The van der Waals surface area contributed by atoms with Gasteiger partial charge in [0.2, 0.25) is 0 Å². The molecule has 2 aromatic rings. The van der Waals surface area contributed by atoms with Gasteiger partial charge < -0.3 is 25.8 Å². The molecule has 0 amide bonds. The summed E-state index contributed by atoms with van der Waals surface area (Å²) in [4.78, 5) is 3.99. The zero-order chi connectivity index (χ0) is 13.3. The Kier molecular flexibility index (Phi) is 2.91. The van der Waals surface area contributed by atoms with Crippen LogP contribution in [0, 0.1) is 0 Å². The van der Waals surface area contributed by atoms with Crippen molar-refractivity contribution in [3.05, 3.63) is 24.5 Å². The van der Waals surface area contributed by atoms with Crippen molar-refractivity contribution in [2.45, 2.75) is 6.16 Å². The van der Waals surface area contributed by atoms with Crippen molar-refractivity contribution in [2.24, 2.45) is 7.05 Å². The van der Waals surface area contributed by atoms with Crippen LogP contribution in [0.2, 0.25) is 0 Å². The second-order valence-electron chi connectivity index (χ2n) is 3.64. The maximum absolute atomic E-state index is 8.86. The third-order valence-electron chi connectivity index (χ3n) is 2.12. The van der Waals surface area contributed by atoms with Gasteiger partial charge in [0, 0.05) is 7.05 Å². The first-order valence-corrected chi connectivity index (χ1v) is 4.97. The average molecular weight is 252 g/mol. The van der Waals surface area contributed by atoms with Gasteiger partial charge in [-0.25, -0.2) is 4.98 Å². The highest BCUT2D eigenvalue weighted by molar-refractivity contribution is 5.72. The molecule has 0 atom stereocenters. The van der Waals surface area contributed by atoms with Gasteiger partial charge >= 0.3 is 6.16 Å². The molecule has 0 spiro atoms. The summed E-state index contributed by atoms with van der Waals surface area (Å²) in [6.45, 7) is 0. The number of para-hydroxylation sites is 1. The monoisotopic (exact) mass is 252 g/mol. The number of aromatic nitrogens is 3. The molecule has 0 aliphatic heterocycles. The van der Waals surface area contributed by atoms with E-state index in [1.54, 1.807) is 19.2 Å². The number of aliphatic hydroxyl groups is 3. The van der Waals surface area contributed by atoms with Gasteiger partial charge in [-0.2, -0.15) is 5.10 Å². The Morgan fingerprint density at radius 2 is 2.06 bits per heavy atom. The van der Waals surface area contributed by atoms with Gasteiger partial charge in [0.05, 0.1) is 11.3 Å². The van der Waals surface area contributed by atoms with Gasteiger partial charge in [-0.15, -0.1) is 0 Å². The maximum atomic E-state index is 8.86. The molecule has 1 aromatic heterocycles. The molecule has 0 saturated heterocycles. The number of rotatable bonds is 3. The summed E-state index contributed by atoms with van der Waals surface area (Å²) in [7, 11) is 1.68. The van der Waals surface area contributed by atoms with E-state index in [1.165, 1.54) is 17.1 Å². The lowest BCUT2D eigenvalue weighted by Crippen LogP contribution is -2.35. The standard InChI is InChI=1S/C10H12N4O4/c1-14-5-12-9(13-14)6-3-2-4-7(11)8(6)18-10(15,16)17/h2-5,15-17H,11H2,1H3. The minimum Gasteiger partial charge on any atom is -0.414 e. The molecule has 5 N–H and O–H groups in total. The fourth-order valence-corrected chi connectivity index (χ4v) is 1.44. The highest BCUT2D eigenvalue weighted by Gasteiger charge is 2.25. The number of nitrogens with zero attached hydrogens (tertiary/aromatic N) is 3. The average Bonchev–Trinajstić information content (AvgIpc) is 2.66. The van der Waals surface area contributed by atoms with E-state index in [2.05, 4.69) is 14.8 Å². The maximum Gasteiger partial charge on any atom is 0.453 e. The van der Waals surface area contributed by atoms with Crippen molar-refractivity contribution in [2.75, 3.05) is 5.73 Å². The molecule has 0 aliphatic carbocycles. The van der Waals surface area contributed by atoms with E-state index in [9.17, 15) is 0 Å². The summed E-state index contributed by atoms with van der Waals surface area (Å²) in [5, 5.41) is 30.6. The van der Waals surface area contributed by atoms with Crippen molar-refractivity contribution in [3.8, 4) is 17.1 Å². The topological polar surface area (TPSA) is 127 Å². The van der Waals surface area contributed by atoms with Crippen LogP contribution in [0.25, 0.3) is 11.4 Å². The molecule has 18 heavy (non-hydrogen) atoms. The lowest BCUT2D eigenvalue weighted by molar-refractivity contribution is -0.419. The van der Waals surface area contributed by atoms with Crippen molar-refractivity contribution in [3.63, 3.8) is 0 Å². The van der Waals surface area contributed by atoms with Gasteiger partial charge in [-0.05, 0) is 12.1 Å². The molecule has 8 heteroatoms. The van der Waals surface area contributed by atoms with Gasteiger partial charge in [-0.1, -0.05) is 6.07 Å². The van der Waals surface area contributed by atoms with Gasteiger partial charge in [-0.3, -0.25) is 4.68 Å². The fourth-order valence-electron chi connectivity index (χ4n) is 1.44. The van der Waals surface area contributed by atoms with Gasteiger partial charge in [0.15, 0.2) is 11.6 Å². The van der Waals surface area contributed by atoms with Crippen LogP contribution in [-0.4, -0.2) is 36.2 Å². The quantitative estimate of drug-likeness (QED) is 0.409. The van der Waals surface area contributed by atoms with Crippen LogP contribution in [0.1, 0.15) is 0 Å². The summed E-state index contributed by atoms with van der Waals surface area (Å²) < 4.78 is 6.04. The summed E-state index contributed by atoms with van der Waals surface area (Å²) in [5.41, 5.74) is 6.10. The number of hydrogen-bond acceptors (Lipinski definition) is 7. The Morgan fingerprint density at radius 3 is 2.61 bits per heavy atom. The third-order valence-corrected chi connectivity index (χ3v) is 2.12. The molecule has 0 fully saturated rings. The van der Waals surface area contributed by atoms with E-state index in [0.29, 0.717) is 5.56 Å². The molecule has 96 valence electrons. The Morgan fingerprint density at radius 1 is 1.33 bits per heavy atom. The molecule has 0 unspecified atom stereocenters. The number of benzene rings is 1. The van der Waals surface area contributed by atoms with Crippen molar-refractivity contribution in [1.82, 2.24) is 14.8 Å². The first kappa shape index (κ1) is 12.3. The molecule has 1 heterocycles. The fraction of sp³-hybridized carbons (Fsp3) is 0.200. The Bertz CT molecular complexity index is 561. The smallest absolute Gasteiger partial charge is 0.414 e. The lowest BCUT2D eigenvalue weighted by atomic mass is 10.1. The lowest BCUT2D eigenvalue weighted by Gasteiger charge is -2.18. The normalized spacial score (nSPS) is 11.6. The van der Waals surface area contributed by atoms with E-state index in [1.807, 2.05) is 0 Å². The second kappa shape index (κ2) is 4.26. The van der Waals surface area contributed by atoms with E-state index in [-0.39, 0.29) is 17.3 Å². The van der Waals surface area contributed by atoms with Crippen LogP contribution in [0.4, 0.5) is 5.69 Å². The number of nitrogens with two attached hydrogens (primary N) is 1. The third kappa shape index (κ3) is 2.56. The second-order valence-corrected chi connectivity index (χ2v) is 3.64. The summed E-state index contributed by atoms with van der Waals surface area (Å²) in [6.07, 6.45) is -1.86. The highest BCUT2D eigenvalue weighted by Crippen LogP contribution is 2.34. The first-order valence-electron chi connectivity index (χ1n) is 4.97. The Hall–Kier alpha value is -2.16. The molecule has 0 aliphatic rings. The minimum atomic E-state index is -3.32. The first-order chi connectivity index (χ1) is 8.37. The predicted octanol–water partition coefficient (Wildman–Crippen LogP) is -0.969. The van der Waals surface area contributed by atoms with Crippen LogP contribution in [0.5, 0.6) is 5.75 Å². The van der Waals surface area contributed by atoms with Crippen molar-refractivity contribution in [1.29, 1.82) is 0 Å². The molecule has 0 bridgehead atoms. The number of anilines is 1. The zero-order valence-corrected chi connectivity index (χ0v) is 9.48. The number of nitrogen functional groups attached to an aromatic ring is 1. The zero-order valence-electron chi connectivity index (χ0n) is 9.48. The number of ether oxygens (including phenoxy) is 1. The van der Waals surface area contributed by atoms with Crippen LogP contribution >= 0.6 is 0 Å². The van der Waals surface area contributed by atoms with Crippen molar-refractivity contribution < 1.29 is 20.1 Å². The molecule has 0 radical (unpaired) electrons. The molecule has 8 nitrogen and oxygen atoms in total. The van der Waals surface area contributed by atoms with Gasteiger partial charge in [0.1, 0.15) is 6.33 Å². The Labute approximate surface area is 102 Å². The minimum absolute atomic E-state index is 0.112. The van der Waals surface area contributed by atoms with Crippen LogP contribution in [0.3, 0.4) is 0 Å². The molecular weight excluding hydrogens is 240 g/mol. The summed E-state index contributed by atoms with van der Waals surface area (Å²) >= 11 is 0. The highest BCUT2D eigenvalue weighted by atomic mass is 16.9. The van der Waals surface area contributed by atoms with Crippen LogP contribution in [-0.2, 0) is 7.05 Å². The molecular formula is C10H12N4O4. The van der Waals surface area contributed by atoms with E-state index in [4.69, 9.17) is 21.1 Å². The number of hydrogen-bond donors (Lipinski definition) is 4. The summed E-state index contributed by atoms with van der Waals surface area (Å²) in [6, 6.07) is 4.68. The van der Waals surface area contributed by atoms with Crippen LogP contribution < -0.4 is 10.5 Å². The molecule has 0 saturated carbocycles. The van der Waals surface area contributed by atoms with Crippen molar-refractivity contribution >= 4 is 5.69 Å². The van der Waals surface area contributed by atoms with E-state index in [0.717, 1.165) is 0 Å². The van der Waals surface area contributed by atoms with E-state index >= 15 is 0 Å².